The Bertz CT molecular complexity index is 1130. The van der Waals surface area contributed by atoms with Crippen LogP contribution >= 0.6 is 0 Å². The number of hydrogen-bond acceptors (Lipinski definition) is 5. The van der Waals surface area contributed by atoms with Gasteiger partial charge in [-0.05, 0) is 67.6 Å². The van der Waals surface area contributed by atoms with E-state index in [-0.39, 0.29) is 18.4 Å². The van der Waals surface area contributed by atoms with Crippen LogP contribution in [0, 0.1) is 19.8 Å². The van der Waals surface area contributed by atoms with Gasteiger partial charge >= 0.3 is 0 Å². The summed E-state index contributed by atoms with van der Waals surface area (Å²) in [6.07, 6.45) is 1.07. The first-order valence-electron chi connectivity index (χ1n) is 11.6. The Hall–Kier alpha value is -3.07. The molecule has 2 aromatic rings. The second kappa shape index (κ2) is 12.1. The molecular formula is C26H37N3O5S. The highest BCUT2D eigenvalue weighted by atomic mass is 32.2. The summed E-state index contributed by atoms with van der Waals surface area (Å²) in [4.78, 5) is 27.9. The summed E-state index contributed by atoms with van der Waals surface area (Å²) in [5, 5.41) is 2.87. The lowest BCUT2D eigenvalue weighted by atomic mass is 10.1. The van der Waals surface area contributed by atoms with Crippen molar-refractivity contribution in [1.29, 1.82) is 0 Å². The number of benzene rings is 2. The summed E-state index contributed by atoms with van der Waals surface area (Å²) in [6.45, 7) is 9.53. The molecule has 1 atom stereocenters. The largest absolute Gasteiger partial charge is 0.497 e. The summed E-state index contributed by atoms with van der Waals surface area (Å²) in [6, 6.07) is 11.8. The topological polar surface area (TPSA) is 96.0 Å². The fraction of sp³-hybridized carbons (Fsp3) is 0.462. The highest BCUT2D eigenvalue weighted by Gasteiger charge is 2.30. The Morgan fingerprint density at radius 2 is 1.66 bits per heavy atom. The molecule has 9 heteroatoms. The molecule has 0 fully saturated rings. The molecule has 1 N–H and O–H groups in total. The fourth-order valence-electron chi connectivity index (χ4n) is 3.71. The van der Waals surface area contributed by atoms with Crippen LogP contribution < -0.4 is 14.4 Å². The second-order valence-corrected chi connectivity index (χ2v) is 11.2. The van der Waals surface area contributed by atoms with Gasteiger partial charge in [0.15, 0.2) is 0 Å². The molecule has 8 nitrogen and oxygen atoms in total. The minimum atomic E-state index is -3.77. The molecule has 2 amide bonds. The molecule has 0 spiro atoms. The van der Waals surface area contributed by atoms with Gasteiger partial charge in [0.1, 0.15) is 18.3 Å². The SMILES string of the molecule is COc1cccc(CN(C(=O)CN(c2cc(C)cc(C)c2)S(C)(=O)=O)C(C)C(=O)NCC(C)C)c1. The molecule has 1 unspecified atom stereocenters. The fourth-order valence-corrected chi connectivity index (χ4v) is 4.54. The van der Waals surface area contributed by atoms with Crippen molar-refractivity contribution in [2.45, 2.75) is 47.2 Å². The van der Waals surface area contributed by atoms with E-state index in [9.17, 15) is 18.0 Å². The third kappa shape index (κ3) is 8.28. The van der Waals surface area contributed by atoms with E-state index in [2.05, 4.69) is 5.32 Å². The molecule has 0 radical (unpaired) electrons. The van der Waals surface area contributed by atoms with Gasteiger partial charge in [0.25, 0.3) is 0 Å². The predicted molar refractivity (Wildman–Crippen MR) is 139 cm³/mol. The number of hydrogen-bond donors (Lipinski definition) is 1. The Morgan fingerprint density at radius 1 is 1.03 bits per heavy atom. The molecule has 2 aromatic carbocycles. The molecule has 0 aliphatic heterocycles. The third-order valence-electron chi connectivity index (χ3n) is 5.51. The number of nitrogens with one attached hydrogen (secondary N) is 1. The number of rotatable bonds is 11. The number of aryl methyl sites for hydroxylation is 2. The maximum Gasteiger partial charge on any atom is 0.244 e. The Balaban J connectivity index is 2.41. The van der Waals surface area contributed by atoms with Crippen molar-refractivity contribution < 1.29 is 22.7 Å². The lowest BCUT2D eigenvalue weighted by Crippen LogP contribution is -2.51. The number of methoxy groups -OCH3 is 1. The molecule has 0 aromatic heterocycles. The zero-order valence-corrected chi connectivity index (χ0v) is 22.5. The van der Waals surface area contributed by atoms with Crippen LogP contribution in [0.25, 0.3) is 0 Å². The predicted octanol–water partition coefficient (Wildman–Crippen LogP) is 3.27. The van der Waals surface area contributed by atoms with Gasteiger partial charge in [-0.1, -0.05) is 32.0 Å². The second-order valence-electron chi connectivity index (χ2n) is 9.30. The number of anilines is 1. The van der Waals surface area contributed by atoms with Gasteiger partial charge in [0, 0.05) is 13.1 Å². The van der Waals surface area contributed by atoms with Crippen molar-refractivity contribution in [3.8, 4) is 5.75 Å². The van der Waals surface area contributed by atoms with Crippen molar-refractivity contribution in [3.05, 3.63) is 59.2 Å². The lowest BCUT2D eigenvalue weighted by Gasteiger charge is -2.32. The quantitative estimate of drug-likeness (QED) is 0.508. The molecule has 0 bridgehead atoms. The van der Waals surface area contributed by atoms with E-state index in [0.717, 1.165) is 27.3 Å². The van der Waals surface area contributed by atoms with Gasteiger partial charge in [0.2, 0.25) is 21.8 Å². The lowest BCUT2D eigenvalue weighted by molar-refractivity contribution is -0.139. The summed E-state index contributed by atoms with van der Waals surface area (Å²) < 4.78 is 31.8. The average Bonchev–Trinajstić information content (AvgIpc) is 2.77. The first-order chi connectivity index (χ1) is 16.3. The van der Waals surface area contributed by atoms with Crippen LogP contribution in [0.4, 0.5) is 5.69 Å². The smallest absolute Gasteiger partial charge is 0.244 e. The monoisotopic (exact) mass is 503 g/mol. The van der Waals surface area contributed by atoms with Gasteiger partial charge in [-0.2, -0.15) is 0 Å². The van der Waals surface area contributed by atoms with Crippen LogP contribution in [0.5, 0.6) is 5.75 Å². The van der Waals surface area contributed by atoms with Crippen molar-refractivity contribution in [3.63, 3.8) is 0 Å². The molecule has 0 aliphatic carbocycles. The van der Waals surface area contributed by atoms with Gasteiger partial charge in [0.05, 0.1) is 19.1 Å². The molecule has 0 heterocycles. The molecule has 2 rings (SSSR count). The zero-order chi connectivity index (χ0) is 26.3. The molecule has 0 saturated heterocycles. The minimum Gasteiger partial charge on any atom is -0.497 e. The van der Waals surface area contributed by atoms with E-state index in [1.165, 1.54) is 4.90 Å². The zero-order valence-electron chi connectivity index (χ0n) is 21.7. The molecule has 35 heavy (non-hydrogen) atoms. The highest BCUT2D eigenvalue weighted by molar-refractivity contribution is 7.92. The van der Waals surface area contributed by atoms with Crippen LogP contribution in [0.2, 0.25) is 0 Å². The van der Waals surface area contributed by atoms with Crippen LogP contribution in [-0.2, 0) is 26.2 Å². The standard InChI is InChI=1S/C26H37N3O5S/c1-18(2)15-27-26(31)21(5)28(16-22-9-8-10-24(14-22)34-6)25(30)17-29(35(7,32)33)23-12-19(3)11-20(4)13-23/h8-14,18,21H,15-17H2,1-7H3,(H,27,31). The van der Waals surface area contributed by atoms with Gasteiger partial charge in [-0.3, -0.25) is 13.9 Å². The van der Waals surface area contributed by atoms with Crippen molar-refractivity contribution >= 4 is 27.5 Å². The van der Waals surface area contributed by atoms with E-state index in [4.69, 9.17) is 4.74 Å². The van der Waals surface area contributed by atoms with Crippen LogP contribution in [0.1, 0.15) is 37.5 Å². The summed E-state index contributed by atoms with van der Waals surface area (Å²) >= 11 is 0. The van der Waals surface area contributed by atoms with Gasteiger partial charge < -0.3 is 15.0 Å². The van der Waals surface area contributed by atoms with Crippen molar-refractivity contribution in [1.82, 2.24) is 10.2 Å². The Labute approximate surface area is 209 Å². The number of carbonyl (C=O) groups is 2. The Kier molecular flexibility index (Phi) is 9.71. The first kappa shape index (κ1) is 28.2. The average molecular weight is 504 g/mol. The van der Waals surface area contributed by atoms with E-state index in [0.29, 0.717) is 18.0 Å². The number of sulfonamides is 1. The van der Waals surface area contributed by atoms with E-state index in [1.54, 1.807) is 44.4 Å². The maximum atomic E-state index is 13.6. The van der Waals surface area contributed by atoms with Crippen molar-refractivity contribution in [2.24, 2.45) is 5.92 Å². The van der Waals surface area contributed by atoms with Gasteiger partial charge in [-0.15, -0.1) is 0 Å². The highest BCUT2D eigenvalue weighted by Crippen LogP contribution is 2.23. The van der Waals surface area contributed by atoms with Crippen LogP contribution in [0.3, 0.4) is 0 Å². The minimum absolute atomic E-state index is 0.122. The first-order valence-corrected chi connectivity index (χ1v) is 13.4. The number of ether oxygens (including phenoxy) is 1. The van der Waals surface area contributed by atoms with E-state index in [1.807, 2.05) is 39.8 Å². The molecule has 0 aliphatic rings. The van der Waals surface area contributed by atoms with Crippen LogP contribution in [0.15, 0.2) is 42.5 Å². The molecule has 192 valence electrons. The van der Waals surface area contributed by atoms with E-state index >= 15 is 0 Å². The number of carbonyl (C=O) groups excluding carboxylic acids is 2. The molecule has 0 saturated carbocycles. The number of nitrogens with zero attached hydrogens (tertiary/aromatic N) is 2. The molecular weight excluding hydrogens is 466 g/mol. The summed E-state index contributed by atoms with van der Waals surface area (Å²) in [5.74, 6) is 0.0932. The van der Waals surface area contributed by atoms with E-state index < -0.39 is 28.5 Å². The maximum absolute atomic E-state index is 13.6. The number of amides is 2. The van der Waals surface area contributed by atoms with Crippen LogP contribution in [-0.4, -0.2) is 57.6 Å². The Morgan fingerprint density at radius 3 is 2.20 bits per heavy atom. The summed E-state index contributed by atoms with van der Waals surface area (Å²) in [5.41, 5.74) is 2.95. The van der Waals surface area contributed by atoms with Gasteiger partial charge in [-0.25, -0.2) is 8.42 Å². The third-order valence-corrected chi connectivity index (χ3v) is 6.65. The normalized spacial score (nSPS) is 12.2. The van der Waals surface area contributed by atoms with Crippen molar-refractivity contribution in [2.75, 3.05) is 30.8 Å². The summed E-state index contributed by atoms with van der Waals surface area (Å²) in [7, 11) is -2.21.